The van der Waals surface area contributed by atoms with Crippen LogP contribution in [0.3, 0.4) is 0 Å². The average molecular weight is 391 g/mol. The van der Waals surface area contributed by atoms with Crippen LogP contribution in [0.1, 0.15) is 34.0 Å². The van der Waals surface area contributed by atoms with Crippen molar-refractivity contribution in [2.45, 2.75) is 19.3 Å². The maximum Gasteiger partial charge on any atom is 0.226 e. The minimum atomic E-state index is -0.616. The number of aryl methyl sites for hydroxylation is 1. The van der Waals surface area contributed by atoms with Gasteiger partial charge in [-0.3, -0.25) is 9.59 Å². The number of carbonyl (C=O) groups excluding carboxylic acids is 2. The number of benzene rings is 2. The van der Waals surface area contributed by atoms with Crippen LogP contribution in [0.5, 0.6) is 11.5 Å². The molecule has 2 heterocycles. The van der Waals surface area contributed by atoms with Crippen LogP contribution in [0.2, 0.25) is 0 Å². The molecule has 7 nitrogen and oxygen atoms in total. The number of nitrogens with zero attached hydrogens (tertiary/aromatic N) is 2. The van der Waals surface area contributed by atoms with Gasteiger partial charge in [-0.05, 0) is 37.3 Å². The van der Waals surface area contributed by atoms with E-state index in [4.69, 9.17) is 9.47 Å². The fraction of sp³-hybridized carbons (Fsp3) is 0.227. The van der Waals surface area contributed by atoms with Gasteiger partial charge in [0.05, 0.1) is 31.5 Å². The Bertz CT molecular complexity index is 1090. The number of methoxy groups -OCH3 is 2. The molecule has 1 aromatic heterocycles. The second-order valence-corrected chi connectivity index (χ2v) is 6.83. The molecule has 0 radical (unpaired) electrons. The quantitative estimate of drug-likeness (QED) is 0.673. The van der Waals surface area contributed by atoms with Crippen LogP contribution in [0.15, 0.2) is 48.5 Å². The van der Waals surface area contributed by atoms with Gasteiger partial charge in [0.25, 0.3) is 0 Å². The van der Waals surface area contributed by atoms with E-state index >= 15 is 0 Å². The van der Waals surface area contributed by atoms with Crippen molar-refractivity contribution >= 4 is 17.5 Å². The Hall–Kier alpha value is -3.61. The van der Waals surface area contributed by atoms with Crippen molar-refractivity contribution in [1.82, 2.24) is 9.78 Å². The number of amides is 1. The summed E-state index contributed by atoms with van der Waals surface area (Å²) >= 11 is 0. The predicted octanol–water partition coefficient (Wildman–Crippen LogP) is 3.51. The molecule has 1 unspecified atom stereocenters. The minimum Gasteiger partial charge on any atom is -0.493 e. The summed E-state index contributed by atoms with van der Waals surface area (Å²) < 4.78 is 12.2. The highest BCUT2D eigenvalue weighted by molar-refractivity contribution is 6.08. The summed E-state index contributed by atoms with van der Waals surface area (Å²) in [6.07, 6.45) is 0.0709. The van der Waals surface area contributed by atoms with E-state index < -0.39 is 5.92 Å². The zero-order chi connectivity index (χ0) is 20.5. The molecule has 0 spiro atoms. The molecular weight excluding hydrogens is 370 g/mol. The SMILES string of the molecule is COc1ccc(C(=O)C2CC(=O)Nc3c2c(C)nn3-c2ccccc2)cc1OC. The number of hydrogen-bond acceptors (Lipinski definition) is 5. The molecule has 1 amide bonds. The molecule has 1 aliphatic rings. The maximum atomic E-state index is 13.4. The van der Waals surface area contributed by atoms with Crippen molar-refractivity contribution in [3.8, 4) is 17.2 Å². The van der Waals surface area contributed by atoms with Crippen LogP contribution >= 0.6 is 0 Å². The summed E-state index contributed by atoms with van der Waals surface area (Å²) in [6, 6.07) is 14.5. The molecule has 0 saturated heterocycles. The van der Waals surface area contributed by atoms with Gasteiger partial charge in [0.2, 0.25) is 5.91 Å². The van der Waals surface area contributed by atoms with Crippen molar-refractivity contribution in [3.63, 3.8) is 0 Å². The number of hydrogen-bond donors (Lipinski definition) is 1. The number of para-hydroxylation sites is 1. The fourth-order valence-electron chi connectivity index (χ4n) is 3.72. The second kappa shape index (κ2) is 7.43. The summed E-state index contributed by atoms with van der Waals surface area (Å²) in [7, 11) is 3.06. The van der Waals surface area contributed by atoms with E-state index in [-0.39, 0.29) is 18.1 Å². The van der Waals surface area contributed by atoms with Crippen LogP contribution in [-0.4, -0.2) is 35.7 Å². The summed E-state index contributed by atoms with van der Waals surface area (Å²) in [5.74, 6) is 0.569. The zero-order valence-corrected chi connectivity index (χ0v) is 16.4. The van der Waals surface area contributed by atoms with E-state index in [1.165, 1.54) is 7.11 Å². The van der Waals surface area contributed by atoms with E-state index in [9.17, 15) is 9.59 Å². The first-order chi connectivity index (χ1) is 14.0. The highest BCUT2D eigenvalue weighted by Gasteiger charge is 2.36. The maximum absolute atomic E-state index is 13.4. The average Bonchev–Trinajstić information content (AvgIpc) is 3.08. The standard InChI is InChI=1S/C22H21N3O4/c1-13-20-16(21(27)14-9-10-17(28-2)18(11-14)29-3)12-19(26)23-22(20)25(24-13)15-7-5-4-6-8-15/h4-11,16H,12H2,1-3H3,(H,23,26). The normalized spacial score (nSPS) is 15.4. The van der Waals surface area contributed by atoms with Gasteiger partial charge >= 0.3 is 0 Å². The molecule has 7 heteroatoms. The van der Waals surface area contributed by atoms with E-state index in [1.54, 1.807) is 30.0 Å². The minimum absolute atomic E-state index is 0.0709. The largest absolute Gasteiger partial charge is 0.493 e. The van der Waals surface area contributed by atoms with Gasteiger partial charge in [0, 0.05) is 17.5 Å². The Morgan fingerprint density at radius 1 is 1.10 bits per heavy atom. The lowest BCUT2D eigenvalue weighted by molar-refractivity contribution is -0.116. The molecular formula is C22H21N3O4. The van der Waals surface area contributed by atoms with Gasteiger partial charge in [0.1, 0.15) is 5.82 Å². The third-order valence-electron chi connectivity index (χ3n) is 5.09. The molecule has 29 heavy (non-hydrogen) atoms. The fourth-order valence-corrected chi connectivity index (χ4v) is 3.72. The molecule has 2 aromatic carbocycles. The molecule has 1 aliphatic heterocycles. The predicted molar refractivity (Wildman–Crippen MR) is 108 cm³/mol. The third kappa shape index (κ3) is 3.24. The first-order valence-electron chi connectivity index (χ1n) is 9.24. The van der Waals surface area contributed by atoms with Crippen molar-refractivity contribution in [2.75, 3.05) is 19.5 Å². The first-order valence-corrected chi connectivity index (χ1v) is 9.24. The number of anilines is 1. The lowest BCUT2D eigenvalue weighted by Gasteiger charge is -2.23. The van der Waals surface area contributed by atoms with E-state index in [1.807, 2.05) is 37.3 Å². The third-order valence-corrected chi connectivity index (χ3v) is 5.09. The number of carbonyl (C=O) groups is 2. The molecule has 3 aromatic rings. The van der Waals surface area contributed by atoms with E-state index in [2.05, 4.69) is 10.4 Å². The molecule has 0 fully saturated rings. The second-order valence-electron chi connectivity index (χ2n) is 6.83. The highest BCUT2D eigenvalue weighted by Crippen LogP contribution is 2.39. The van der Waals surface area contributed by atoms with Crippen LogP contribution in [0, 0.1) is 6.92 Å². The van der Waals surface area contributed by atoms with Crippen molar-refractivity contribution in [1.29, 1.82) is 0 Å². The number of ketones is 1. The summed E-state index contributed by atoms with van der Waals surface area (Å²) in [6.45, 7) is 1.85. The number of rotatable bonds is 5. The molecule has 1 atom stereocenters. The van der Waals surface area contributed by atoms with Crippen molar-refractivity contribution in [3.05, 3.63) is 65.4 Å². The molecule has 1 N–H and O–H groups in total. The Kier molecular flexibility index (Phi) is 4.80. The van der Waals surface area contributed by atoms with Gasteiger partial charge in [-0.15, -0.1) is 0 Å². The van der Waals surface area contributed by atoms with Gasteiger partial charge in [-0.25, -0.2) is 4.68 Å². The van der Waals surface area contributed by atoms with E-state index in [0.717, 1.165) is 11.3 Å². The van der Waals surface area contributed by atoms with Crippen molar-refractivity contribution < 1.29 is 19.1 Å². The summed E-state index contributed by atoms with van der Waals surface area (Å²) in [5, 5.41) is 7.48. The number of nitrogens with one attached hydrogen (secondary N) is 1. The number of aromatic nitrogens is 2. The van der Waals surface area contributed by atoms with Crippen LogP contribution in [-0.2, 0) is 4.79 Å². The van der Waals surface area contributed by atoms with Crippen LogP contribution in [0.25, 0.3) is 5.69 Å². The Morgan fingerprint density at radius 3 is 2.52 bits per heavy atom. The Labute approximate surface area is 168 Å². The van der Waals surface area contributed by atoms with Gasteiger partial charge in [-0.2, -0.15) is 5.10 Å². The van der Waals surface area contributed by atoms with E-state index in [0.29, 0.717) is 28.6 Å². The van der Waals surface area contributed by atoms with Gasteiger partial charge < -0.3 is 14.8 Å². The highest BCUT2D eigenvalue weighted by atomic mass is 16.5. The van der Waals surface area contributed by atoms with Gasteiger partial charge in [-0.1, -0.05) is 18.2 Å². The van der Waals surface area contributed by atoms with Crippen LogP contribution in [0.4, 0.5) is 5.82 Å². The number of Topliss-reactive ketones (excluding diaryl/α,β-unsaturated/α-hetero) is 1. The summed E-state index contributed by atoms with van der Waals surface area (Å²) in [4.78, 5) is 25.8. The Morgan fingerprint density at radius 2 is 1.83 bits per heavy atom. The summed E-state index contributed by atoms with van der Waals surface area (Å²) in [5.41, 5.74) is 2.73. The van der Waals surface area contributed by atoms with Gasteiger partial charge in [0.15, 0.2) is 17.3 Å². The number of ether oxygens (including phenoxy) is 2. The van der Waals surface area contributed by atoms with Crippen LogP contribution < -0.4 is 14.8 Å². The molecule has 0 bridgehead atoms. The molecule has 4 rings (SSSR count). The van der Waals surface area contributed by atoms with Crippen molar-refractivity contribution in [2.24, 2.45) is 0 Å². The smallest absolute Gasteiger partial charge is 0.226 e. The lowest BCUT2D eigenvalue weighted by atomic mass is 9.85. The Balaban J connectivity index is 1.79. The molecule has 0 aliphatic carbocycles. The lowest BCUT2D eigenvalue weighted by Crippen LogP contribution is -2.28. The topological polar surface area (TPSA) is 82.5 Å². The molecule has 148 valence electrons. The first kappa shape index (κ1) is 18.7. The zero-order valence-electron chi connectivity index (χ0n) is 16.4. The number of fused-ring (bicyclic) bond motifs is 1. The monoisotopic (exact) mass is 391 g/mol. The molecule has 0 saturated carbocycles.